The Kier molecular flexibility index (Phi) is 6.20. The highest BCUT2D eigenvalue weighted by Crippen LogP contribution is 2.37. The first-order chi connectivity index (χ1) is 13.5. The summed E-state index contributed by atoms with van der Waals surface area (Å²) in [5.74, 6) is 0. The highest BCUT2D eigenvalue weighted by atomic mass is 35.5. The van der Waals surface area contributed by atoms with Crippen molar-refractivity contribution in [1.29, 1.82) is 0 Å². The third-order valence-electron chi connectivity index (χ3n) is 4.79. The summed E-state index contributed by atoms with van der Waals surface area (Å²) in [6.45, 7) is -0.214. The number of hydrogen-bond donors (Lipinski definition) is 2. The average molecular weight is 427 g/mol. The Morgan fingerprint density at radius 3 is 2.14 bits per heavy atom. The molecule has 2 N–H and O–H groups in total. The summed E-state index contributed by atoms with van der Waals surface area (Å²) in [6, 6.07) is 14.2. The summed E-state index contributed by atoms with van der Waals surface area (Å²) in [7, 11) is 0. The summed E-state index contributed by atoms with van der Waals surface area (Å²) in [5, 5.41) is 21.6. The van der Waals surface area contributed by atoms with Gasteiger partial charge in [-0.05, 0) is 24.3 Å². The molecule has 2 aromatic rings. The Balaban J connectivity index is 1.58. The summed E-state index contributed by atoms with van der Waals surface area (Å²) in [6.07, 6.45) is -4.87. The maximum Gasteiger partial charge on any atom is 0.185 e. The molecule has 0 saturated carbocycles. The first-order valence-electron chi connectivity index (χ1n) is 8.93. The van der Waals surface area contributed by atoms with Gasteiger partial charge in [0.25, 0.3) is 0 Å². The molecule has 8 heteroatoms. The number of fused-ring (bicyclic) bond motifs is 1. The van der Waals surface area contributed by atoms with Crippen molar-refractivity contribution in [2.24, 2.45) is 0 Å². The molecular weight excluding hydrogens is 407 g/mol. The topological polar surface area (TPSA) is 77.4 Å². The van der Waals surface area contributed by atoms with Gasteiger partial charge in [-0.3, -0.25) is 0 Å². The van der Waals surface area contributed by atoms with Gasteiger partial charge in [0.1, 0.15) is 24.4 Å². The van der Waals surface area contributed by atoms with Crippen molar-refractivity contribution >= 4 is 23.2 Å². The van der Waals surface area contributed by atoms with Crippen LogP contribution in [0.4, 0.5) is 0 Å². The van der Waals surface area contributed by atoms with Crippen molar-refractivity contribution < 1.29 is 29.2 Å². The van der Waals surface area contributed by atoms with E-state index in [1.165, 1.54) is 0 Å². The molecule has 0 radical (unpaired) electrons. The van der Waals surface area contributed by atoms with Gasteiger partial charge in [-0.15, -0.1) is 0 Å². The van der Waals surface area contributed by atoms with Gasteiger partial charge in [-0.1, -0.05) is 47.5 Å². The van der Waals surface area contributed by atoms with Crippen LogP contribution in [0.1, 0.15) is 23.7 Å². The Morgan fingerprint density at radius 2 is 1.54 bits per heavy atom. The van der Waals surface area contributed by atoms with Gasteiger partial charge < -0.3 is 29.2 Å². The molecule has 2 unspecified atom stereocenters. The normalized spacial score (nSPS) is 33.1. The van der Waals surface area contributed by atoms with Crippen LogP contribution in [0.2, 0.25) is 10.0 Å². The third kappa shape index (κ3) is 4.20. The van der Waals surface area contributed by atoms with E-state index in [1.807, 2.05) is 6.07 Å². The first-order valence-corrected chi connectivity index (χ1v) is 9.68. The second kappa shape index (κ2) is 8.65. The minimum Gasteiger partial charge on any atom is -0.394 e. The quantitative estimate of drug-likeness (QED) is 0.784. The van der Waals surface area contributed by atoms with E-state index in [1.54, 1.807) is 42.5 Å². The van der Waals surface area contributed by atoms with Crippen LogP contribution < -0.4 is 0 Å². The molecule has 2 heterocycles. The van der Waals surface area contributed by atoms with Gasteiger partial charge in [0.15, 0.2) is 12.6 Å². The lowest BCUT2D eigenvalue weighted by Gasteiger charge is -2.37. The van der Waals surface area contributed by atoms with E-state index in [0.717, 1.165) is 5.56 Å². The lowest BCUT2D eigenvalue weighted by molar-refractivity contribution is -0.289. The number of halogens is 2. The van der Waals surface area contributed by atoms with Crippen LogP contribution in [0.25, 0.3) is 0 Å². The lowest BCUT2D eigenvalue weighted by atomic mass is 10.0. The van der Waals surface area contributed by atoms with Crippen molar-refractivity contribution in [3.05, 3.63) is 69.7 Å². The number of ether oxygens (including phenoxy) is 4. The van der Waals surface area contributed by atoms with Gasteiger partial charge in [0, 0.05) is 21.2 Å². The number of aliphatic hydroxyl groups excluding tert-OH is 2. The fourth-order valence-electron chi connectivity index (χ4n) is 3.39. The highest BCUT2D eigenvalue weighted by Gasteiger charge is 2.46. The molecule has 0 spiro atoms. The van der Waals surface area contributed by atoms with Crippen LogP contribution in [0.3, 0.4) is 0 Å². The molecule has 4 rings (SSSR count). The van der Waals surface area contributed by atoms with Crippen LogP contribution in [0, 0.1) is 0 Å². The van der Waals surface area contributed by atoms with E-state index in [4.69, 9.17) is 42.1 Å². The zero-order valence-corrected chi connectivity index (χ0v) is 16.3. The molecule has 28 heavy (non-hydrogen) atoms. The Hall–Kier alpha value is -1.22. The number of hydrogen-bond acceptors (Lipinski definition) is 6. The molecule has 2 aliphatic heterocycles. The first kappa shape index (κ1) is 20.1. The predicted octanol–water partition coefficient (Wildman–Crippen LogP) is 3.24. The van der Waals surface area contributed by atoms with Crippen molar-refractivity contribution in [3.8, 4) is 0 Å². The molecule has 0 aliphatic carbocycles. The summed E-state index contributed by atoms with van der Waals surface area (Å²) in [4.78, 5) is 0. The summed E-state index contributed by atoms with van der Waals surface area (Å²) in [5.41, 5.74) is 1.41. The average Bonchev–Trinajstić information content (AvgIpc) is 2.84. The van der Waals surface area contributed by atoms with Crippen LogP contribution in [0.5, 0.6) is 0 Å². The Morgan fingerprint density at radius 1 is 0.893 bits per heavy atom. The van der Waals surface area contributed by atoms with E-state index in [9.17, 15) is 10.2 Å². The Labute approximate surface area is 172 Å². The second-order valence-corrected chi connectivity index (χ2v) is 7.60. The van der Waals surface area contributed by atoms with Crippen LogP contribution in [-0.4, -0.2) is 47.8 Å². The van der Waals surface area contributed by atoms with Crippen LogP contribution >= 0.6 is 23.2 Å². The van der Waals surface area contributed by atoms with Gasteiger partial charge in [-0.25, -0.2) is 0 Å². The molecule has 2 aromatic carbocycles. The minimum atomic E-state index is -1.11. The SMILES string of the molecule is OC[C@@H]1OC(c2cccc(Cl)c2)O[C@@H]2COC(c3cccc(Cl)c3)O[C@H]2[C@@H]1O. The molecule has 0 aromatic heterocycles. The van der Waals surface area contributed by atoms with E-state index >= 15 is 0 Å². The minimum absolute atomic E-state index is 0.178. The smallest absolute Gasteiger partial charge is 0.185 e. The van der Waals surface area contributed by atoms with Gasteiger partial charge in [0.2, 0.25) is 0 Å². The van der Waals surface area contributed by atoms with Crippen LogP contribution in [0.15, 0.2) is 48.5 Å². The standard InChI is InChI=1S/C20H20Cl2O6/c21-13-5-1-3-11(7-13)19-25-10-16-18(28-19)17(24)15(9-23)26-20(27-16)12-4-2-6-14(22)8-12/h1-8,15-20,23-24H,9-10H2/t15-,16+,17+,18+,19?,20?/m0/s1. The van der Waals surface area contributed by atoms with E-state index < -0.39 is 43.6 Å². The molecule has 6 atom stereocenters. The molecule has 0 amide bonds. The molecule has 2 fully saturated rings. The van der Waals surface area contributed by atoms with Crippen molar-refractivity contribution in [2.45, 2.75) is 37.0 Å². The second-order valence-electron chi connectivity index (χ2n) is 6.73. The fourth-order valence-corrected chi connectivity index (χ4v) is 3.79. The highest BCUT2D eigenvalue weighted by molar-refractivity contribution is 6.30. The van der Waals surface area contributed by atoms with Crippen LogP contribution in [-0.2, 0) is 18.9 Å². The number of rotatable bonds is 3. The van der Waals surface area contributed by atoms with Gasteiger partial charge >= 0.3 is 0 Å². The molecule has 2 aliphatic rings. The van der Waals surface area contributed by atoms with Gasteiger partial charge in [0.05, 0.1) is 13.2 Å². The van der Waals surface area contributed by atoms with Crippen molar-refractivity contribution in [3.63, 3.8) is 0 Å². The van der Waals surface area contributed by atoms with E-state index in [-0.39, 0.29) is 6.61 Å². The maximum absolute atomic E-state index is 10.8. The largest absolute Gasteiger partial charge is 0.394 e. The molecule has 150 valence electrons. The number of aliphatic hydroxyl groups is 2. The maximum atomic E-state index is 10.8. The molecule has 0 bridgehead atoms. The zero-order chi connectivity index (χ0) is 19.7. The predicted molar refractivity (Wildman–Crippen MR) is 102 cm³/mol. The molecule has 6 nitrogen and oxygen atoms in total. The Bertz CT molecular complexity index is 819. The fraction of sp³-hybridized carbons (Fsp3) is 0.400. The van der Waals surface area contributed by atoms with Crippen molar-refractivity contribution in [2.75, 3.05) is 13.2 Å². The van der Waals surface area contributed by atoms with E-state index in [2.05, 4.69) is 0 Å². The van der Waals surface area contributed by atoms with Crippen molar-refractivity contribution in [1.82, 2.24) is 0 Å². The molecular formula is C20H20Cl2O6. The summed E-state index contributed by atoms with van der Waals surface area (Å²) >= 11 is 12.1. The van der Waals surface area contributed by atoms with E-state index in [0.29, 0.717) is 15.6 Å². The lowest BCUT2D eigenvalue weighted by Crippen LogP contribution is -2.51. The number of benzene rings is 2. The monoisotopic (exact) mass is 426 g/mol. The third-order valence-corrected chi connectivity index (χ3v) is 5.27. The van der Waals surface area contributed by atoms with Gasteiger partial charge in [-0.2, -0.15) is 0 Å². The molecule has 2 saturated heterocycles. The zero-order valence-electron chi connectivity index (χ0n) is 14.8. The summed E-state index contributed by atoms with van der Waals surface area (Å²) < 4.78 is 23.7.